The van der Waals surface area contributed by atoms with Crippen molar-refractivity contribution in [3.8, 4) is 11.1 Å². The number of aromatic amines is 1. The van der Waals surface area contributed by atoms with E-state index in [4.69, 9.17) is 9.97 Å². The van der Waals surface area contributed by atoms with Crippen LogP contribution in [0.25, 0.3) is 57.0 Å². The van der Waals surface area contributed by atoms with Crippen LogP contribution in [-0.2, 0) is 7.05 Å². The maximum Gasteiger partial charge on any atom is 0.0716 e. The molecule has 0 aliphatic carbocycles. The molecular formula is C30H26N4. The van der Waals surface area contributed by atoms with Crippen molar-refractivity contribution in [2.75, 3.05) is 0 Å². The van der Waals surface area contributed by atoms with Crippen LogP contribution in [0.4, 0.5) is 0 Å². The Bertz CT molecular complexity index is 1680. The molecule has 2 aliphatic heterocycles. The summed E-state index contributed by atoms with van der Waals surface area (Å²) >= 11 is 0. The van der Waals surface area contributed by atoms with Crippen molar-refractivity contribution in [2.45, 2.75) is 20.8 Å². The molecule has 3 aromatic heterocycles. The van der Waals surface area contributed by atoms with E-state index < -0.39 is 0 Å². The van der Waals surface area contributed by atoms with Crippen molar-refractivity contribution in [3.05, 3.63) is 94.6 Å². The van der Waals surface area contributed by atoms with Crippen LogP contribution in [0, 0.1) is 13.8 Å². The van der Waals surface area contributed by atoms with Gasteiger partial charge in [-0.15, -0.1) is 0 Å². The maximum absolute atomic E-state index is 5.02. The van der Waals surface area contributed by atoms with Crippen LogP contribution >= 0.6 is 0 Å². The van der Waals surface area contributed by atoms with Gasteiger partial charge in [-0.05, 0) is 91.6 Å². The van der Waals surface area contributed by atoms with Crippen LogP contribution in [0.1, 0.15) is 40.8 Å². The van der Waals surface area contributed by atoms with Crippen molar-refractivity contribution >= 4 is 45.9 Å². The van der Waals surface area contributed by atoms with Crippen molar-refractivity contribution in [1.82, 2.24) is 19.5 Å². The third kappa shape index (κ3) is 3.30. The fourth-order valence-electron chi connectivity index (χ4n) is 5.24. The number of aromatic nitrogens is 4. The second-order valence-corrected chi connectivity index (χ2v) is 9.09. The van der Waals surface area contributed by atoms with Gasteiger partial charge in [0.2, 0.25) is 0 Å². The molecule has 0 saturated carbocycles. The number of aryl methyl sites for hydroxylation is 3. The molecule has 0 atom stereocenters. The molecular weight excluding hydrogens is 416 g/mol. The van der Waals surface area contributed by atoms with Gasteiger partial charge in [0, 0.05) is 29.2 Å². The number of hydrogen-bond donors (Lipinski definition) is 1. The zero-order valence-electron chi connectivity index (χ0n) is 19.8. The minimum absolute atomic E-state index is 0.937. The van der Waals surface area contributed by atoms with Crippen molar-refractivity contribution in [3.63, 3.8) is 0 Å². The normalized spacial score (nSPS) is 12.8. The summed E-state index contributed by atoms with van der Waals surface area (Å²) in [6.07, 6.45) is 6.32. The van der Waals surface area contributed by atoms with Gasteiger partial charge >= 0.3 is 0 Å². The van der Waals surface area contributed by atoms with E-state index in [0.717, 1.165) is 39.3 Å². The summed E-state index contributed by atoms with van der Waals surface area (Å²) in [5.41, 5.74) is 14.3. The Morgan fingerprint density at radius 1 is 0.735 bits per heavy atom. The lowest BCUT2D eigenvalue weighted by Gasteiger charge is -2.04. The summed E-state index contributed by atoms with van der Waals surface area (Å²) in [6.45, 7) is 6.54. The molecule has 6 rings (SSSR count). The molecule has 34 heavy (non-hydrogen) atoms. The highest BCUT2D eigenvalue weighted by Gasteiger charge is 2.18. The molecule has 1 aromatic carbocycles. The first kappa shape index (κ1) is 20.4. The minimum atomic E-state index is 0.937. The number of benzene rings is 1. The number of nitrogens with zero attached hydrogens (tertiary/aromatic N) is 3. The molecule has 166 valence electrons. The predicted octanol–water partition coefficient (Wildman–Crippen LogP) is 7.34. The van der Waals surface area contributed by atoms with Crippen LogP contribution in [0.15, 0.2) is 60.7 Å². The van der Waals surface area contributed by atoms with E-state index >= 15 is 0 Å². The first-order valence-corrected chi connectivity index (χ1v) is 11.6. The Labute approximate surface area is 199 Å². The minimum Gasteiger partial charge on any atom is -0.355 e. The van der Waals surface area contributed by atoms with E-state index in [1.165, 1.54) is 33.3 Å². The molecule has 0 amide bonds. The SMILES string of the molecule is CC1=Cc2cc3ccc(cc4nc(cc5c(-c6ccccc6)c(C)c(c(C)c1n2)n5C)C=C4)[nH]3. The lowest BCUT2D eigenvalue weighted by atomic mass is 10.0. The van der Waals surface area contributed by atoms with Gasteiger partial charge in [-0.3, -0.25) is 0 Å². The highest BCUT2D eigenvalue weighted by molar-refractivity contribution is 5.94. The summed E-state index contributed by atoms with van der Waals surface area (Å²) in [6, 6.07) is 21.2. The van der Waals surface area contributed by atoms with Gasteiger partial charge in [-0.2, -0.15) is 0 Å². The molecule has 4 aromatic rings. The second-order valence-electron chi connectivity index (χ2n) is 9.09. The Morgan fingerprint density at radius 3 is 2.15 bits per heavy atom. The quantitative estimate of drug-likeness (QED) is 0.295. The van der Waals surface area contributed by atoms with Gasteiger partial charge in [-0.25, -0.2) is 9.97 Å². The van der Waals surface area contributed by atoms with Gasteiger partial charge in [0.15, 0.2) is 0 Å². The molecule has 8 bridgehead atoms. The monoisotopic (exact) mass is 442 g/mol. The van der Waals surface area contributed by atoms with E-state index in [9.17, 15) is 0 Å². The van der Waals surface area contributed by atoms with Gasteiger partial charge in [0.1, 0.15) is 0 Å². The fraction of sp³-hybridized carbons (Fsp3) is 0.133. The van der Waals surface area contributed by atoms with Crippen molar-refractivity contribution in [2.24, 2.45) is 7.05 Å². The van der Waals surface area contributed by atoms with Crippen LogP contribution in [0.5, 0.6) is 0 Å². The topological polar surface area (TPSA) is 46.5 Å². The third-order valence-corrected chi connectivity index (χ3v) is 6.74. The molecule has 0 unspecified atom stereocenters. The standard InChI is InChI=1S/C30H26N4/c1-18-14-26-16-24-11-10-22(31-24)15-23-12-13-25(32-23)17-27-28(21-8-6-5-7-9-21)19(2)30(34(27)4)20(3)29(18)33-26/h5-17,31H,1-4H3. The summed E-state index contributed by atoms with van der Waals surface area (Å²) in [5.74, 6) is 0. The lowest BCUT2D eigenvalue weighted by molar-refractivity contribution is 0.999. The summed E-state index contributed by atoms with van der Waals surface area (Å²) in [5, 5.41) is 0. The molecule has 2 aliphatic rings. The summed E-state index contributed by atoms with van der Waals surface area (Å²) in [4.78, 5) is 13.4. The highest BCUT2D eigenvalue weighted by atomic mass is 14.9. The Hall–Kier alpha value is -4.18. The first-order chi connectivity index (χ1) is 16.5. The average Bonchev–Trinajstić information content (AvgIpc) is 3.58. The molecule has 4 nitrogen and oxygen atoms in total. The highest BCUT2D eigenvalue weighted by Crippen LogP contribution is 2.36. The van der Waals surface area contributed by atoms with E-state index in [2.05, 4.69) is 116 Å². The van der Waals surface area contributed by atoms with Gasteiger partial charge in [-0.1, -0.05) is 30.3 Å². The Kier molecular flexibility index (Phi) is 4.63. The Morgan fingerprint density at radius 2 is 1.41 bits per heavy atom. The molecule has 0 saturated heterocycles. The summed E-state index contributed by atoms with van der Waals surface area (Å²) < 4.78 is 2.30. The third-order valence-electron chi connectivity index (χ3n) is 6.74. The largest absolute Gasteiger partial charge is 0.355 e. The van der Waals surface area contributed by atoms with E-state index in [-0.39, 0.29) is 0 Å². The fourth-order valence-corrected chi connectivity index (χ4v) is 5.24. The van der Waals surface area contributed by atoms with Gasteiger partial charge in [0.25, 0.3) is 0 Å². The van der Waals surface area contributed by atoms with Crippen molar-refractivity contribution in [1.29, 1.82) is 0 Å². The van der Waals surface area contributed by atoms with Crippen molar-refractivity contribution < 1.29 is 0 Å². The second kappa shape index (κ2) is 7.70. The number of allylic oxidation sites excluding steroid dienone is 1. The zero-order chi connectivity index (χ0) is 23.4. The first-order valence-electron chi connectivity index (χ1n) is 11.6. The Balaban J connectivity index is 1.81. The van der Waals surface area contributed by atoms with E-state index in [1.807, 2.05) is 0 Å². The smallest absolute Gasteiger partial charge is 0.0716 e. The zero-order valence-corrected chi connectivity index (χ0v) is 19.8. The molecule has 0 spiro atoms. The van der Waals surface area contributed by atoms with E-state index in [1.54, 1.807) is 0 Å². The number of hydrogen-bond acceptors (Lipinski definition) is 2. The van der Waals surface area contributed by atoms with Crippen LogP contribution in [0.3, 0.4) is 0 Å². The summed E-state index contributed by atoms with van der Waals surface area (Å²) in [7, 11) is 2.15. The lowest BCUT2D eigenvalue weighted by Crippen LogP contribution is -1.93. The van der Waals surface area contributed by atoms with Gasteiger partial charge < -0.3 is 9.55 Å². The maximum atomic E-state index is 5.02. The number of rotatable bonds is 1. The number of H-pyrrole nitrogens is 1. The van der Waals surface area contributed by atoms with Crippen LogP contribution in [-0.4, -0.2) is 19.5 Å². The molecule has 4 heteroatoms. The van der Waals surface area contributed by atoms with Gasteiger partial charge in [0.05, 0.1) is 28.3 Å². The molecule has 5 heterocycles. The molecule has 1 N–H and O–H groups in total. The van der Waals surface area contributed by atoms with Crippen LogP contribution < -0.4 is 0 Å². The molecule has 0 radical (unpaired) electrons. The number of fused-ring (bicyclic) bond motifs is 8. The van der Waals surface area contributed by atoms with Crippen LogP contribution in [0.2, 0.25) is 0 Å². The molecule has 0 fully saturated rings. The predicted molar refractivity (Wildman–Crippen MR) is 143 cm³/mol. The average molecular weight is 443 g/mol. The van der Waals surface area contributed by atoms with E-state index in [0.29, 0.717) is 0 Å². The number of nitrogens with one attached hydrogen (secondary N) is 1.